The number of aromatic amines is 1. The van der Waals surface area contributed by atoms with Crippen molar-refractivity contribution in [1.82, 2.24) is 10.3 Å². The van der Waals surface area contributed by atoms with Crippen LogP contribution in [0.2, 0.25) is 0 Å². The SMILES string of the molecule is CCC(C)NCc1ccc(-c2cccs2)[nH]c1=O. The van der Waals surface area contributed by atoms with Crippen LogP contribution >= 0.6 is 11.3 Å². The van der Waals surface area contributed by atoms with Crippen molar-refractivity contribution in [2.24, 2.45) is 0 Å². The number of hydrogen-bond donors (Lipinski definition) is 2. The topological polar surface area (TPSA) is 44.9 Å². The van der Waals surface area contributed by atoms with Gasteiger partial charge in [0.1, 0.15) is 0 Å². The maximum absolute atomic E-state index is 11.9. The minimum absolute atomic E-state index is 0.00305. The van der Waals surface area contributed by atoms with Gasteiger partial charge in [-0.1, -0.05) is 19.1 Å². The summed E-state index contributed by atoms with van der Waals surface area (Å²) in [6, 6.07) is 8.30. The number of aromatic nitrogens is 1. The highest BCUT2D eigenvalue weighted by molar-refractivity contribution is 7.13. The van der Waals surface area contributed by atoms with E-state index in [9.17, 15) is 4.79 Å². The van der Waals surface area contributed by atoms with E-state index < -0.39 is 0 Å². The molecular formula is C14H18N2OS. The van der Waals surface area contributed by atoms with E-state index in [1.54, 1.807) is 11.3 Å². The monoisotopic (exact) mass is 262 g/mol. The Morgan fingerprint density at radius 2 is 2.22 bits per heavy atom. The van der Waals surface area contributed by atoms with Gasteiger partial charge < -0.3 is 10.3 Å². The van der Waals surface area contributed by atoms with Gasteiger partial charge in [-0.3, -0.25) is 4.79 Å². The first-order chi connectivity index (χ1) is 8.70. The van der Waals surface area contributed by atoms with Crippen molar-refractivity contribution in [3.05, 3.63) is 45.6 Å². The van der Waals surface area contributed by atoms with Gasteiger partial charge in [-0.2, -0.15) is 0 Å². The molecule has 2 aromatic heterocycles. The molecule has 18 heavy (non-hydrogen) atoms. The van der Waals surface area contributed by atoms with Crippen LogP contribution in [0.4, 0.5) is 0 Å². The molecule has 0 fully saturated rings. The van der Waals surface area contributed by atoms with Gasteiger partial charge in [-0.25, -0.2) is 0 Å². The van der Waals surface area contributed by atoms with Crippen molar-refractivity contribution in [2.75, 3.05) is 0 Å². The fourth-order valence-corrected chi connectivity index (χ4v) is 2.35. The Bertz CT molecular complexity index is 545. The molecule has 3 nitrogen and oxygen atoms in total. The molecule has 1 unspecified atom stereocenters. The van der Waals surface area contributed by atoms with E-state index in [0.29, 0.717) is 12.6 Å². The van der Waals surface area contributed by atoms with E-state index >= 15 is 0 Å². The second-order valence-electron chi connectivity index (χ2n) is 4.39. The molecule has 1 atom stereocenters. The quantitative estimate of drug-likeness (QED) is 0.870. The zero-order valence-electron chi connectivity index (χ0n) is 10.7. The number of thiophene rings is 1. The third kappa shape index (κ3) is 3.09. The summed E-state index contributed by atoms with van der Waals surface area (Å²) in [5, 5.41) is 5.33. The van der Waals surface area contributed by atoms with E-state index in [0.717, 1.165) is 22.6 Å². The summed E-state index contributed by atoms with van der Waals surface area (Å²) in [4.78, 5) is 16.0. The number of rotatable bonds is 5. The van der Waals surface area contributed by atoms with Gasteiger partial charge in [0.05, 0.1) is 10.6 Å². The Morgan fingerprint density at radius 3 is 2.83 bits per heavy atom. The third-order valence-corrected chi connectivity index (χ3v) is 3.93. The zero-order chi connectivity index (χ0) is 13.0. The number of pyridine rings is 1. The highest BCUT2D eigenvalue weighted by Gasteiger charge is 2.05. The molecule has 0 radical (unpaired) electrons. The lowest BCUT2D eigenvalue weighted by Crippen LogP contribution is -2.28. The van der Waals surface area contributed by atoms with Crippen molar-refractivity contribution in [3.8, 4) is 10.6 Å². The Morgan fingerprint density at radius 1 is 1.39 bits per heavy atom. The largest absolute Gasteiger partial charge is 0.321 e. The molecule has 0 bridgehead atoms. The number of hydrogen-bond acceptors (Lipinski definition) is 3. The van der Waals surface area contributed by atoms with Crippen molar-refractivity contribution in [2.45, 2.75) is 32.9 Å². The summed E-state index contributed by atoms with van der Waals surface area (Å²) < 4.78 is 0. The minimum atomic E-state index is -0.00305. The molecule has 96 valence electrons. The lowest BCUT2D eigenvalue weighted by atomic mass is 10.2. The van der Waals surface area contributed by atoms with E-state index in [-0.39, 0.29) is 5.56 Å². The van der Waals surface area contributed by atoms with Gasteiger partial charge in [0.15, 0.2) is 0 Å². The van der Waals surface area contributed by atoms with Gasteiger partial charge in [0, 0.05) is 18.2 Å². The van der Waals surface area contributed by atoms with Crippen molar-refractivity contribution >= 4 is 11.3 Å². The van der Waals surface area contributed by atoms with E-state index in [2.05, 4.69) is 24.1 Å². The zero-order valence-corrected chi connectivity index (χ0v) is 11.5. The summed E-state index contributed by atoms with van der Waals surface area (Å²) in [6.07, 6.45) is 1.06. The first-order valence-corrected chi connectivity index (χ1v) is 7.08. The molecule has 0 aliphatic rings. The predicted molar refractivity (Wildman–Crippen MR) is 77.0 cm³/mol. The van der Waals surface area contributed by atoms with Crippen molar-refractivity contribution < 1.29 is 0 Å². The molecule has 2 heterocycles. The average molecular weight is 262 g/mol. The Hall–Kier alpha value is -1.39. The normalized spacial score (nSPS) is 12.6. The fraction of sp³-hybridized carbons (Fsp3) is 0.357. The van der Waals surface area contributed by atoms with Gasteiger partial charge in [0.2, 0.25) is 0 Å². The molecule has 0 aliphatic heterocycles. The van der Waals surface area contributed by atoms with Gasteiger partial charge >= 0.3 is 0 Å². The lowest BCUT2D eigenvalue weighted by Gasteiger charge is -2.10. The number of nitrogens with one attached hydrogen (secondary N) is 2. The van der Waals surface area contributed by atoms with Crippen LogP contribution in [-0.2, 0) is 6.54 Å². The molecule has 2 N–H and O–H groups in total. The summed E-state index contributed by atoms with van der Waals surface area (Å²) in [7, 11) is 0. The highest BCUT2D eigenvalue weighted by atomic mass is 32.1. The third-order valence-electron chi connectivity index (χ3n) is 3.03. The molecule has 0 aliphatic carbocycles. The maximum atomic E-state index is 11.9. The standard InChI is InChI=1S/C14H18N2OS/c1-3-10(2)15-9-11-6-7-12(16-14(11)17)13-5-4-8-18-13/h4-8,10,15H,3,9H2,1-2H3,(H,16,17). The van der Waals surface area contributed by atoms with E-state index in [1.165, 1.54) is 0 Å². The summed E-state index contributed by atoms with van der Waals surface area (Å²) in [6.45, 7) is 4.87. The second kappa shape index (κ2) is 5.98. The first kappa shape index (κ1) is 13.1. The molecule has 0 aromatic carbocycles. The average Bonchev–Trinajstić information content (AvgIpc) is 2.90. The smallest absolute Gasteiger partial charge is 0.252 e. The van der Waals surface area contributed by atoms with Crippen LogP contribution in [0.3, 0.4) is 0 Å². The molecule has 2 aromatic rings. The van der Waals surface area contributed by atoms with Crippen LogP contribution in [0.15, 0.2) is 34.4 Å². The molecule has 2 rings (SSSR count). The van der Waals surface area contributed by atoms with E-state index in [1.807, 2.05) is 29.6 Å². The summed E-state index contributed by atoms with van der Waals surface area (Å²) in [5.41, 5.74) is 1.68. The number of H-pyrrole nitrogens is 1. The van der Waals surface area contributed by atoms with Crippen molar-refractivity contribution in [3.63, 3.8) is 0 Å². The second-order valence-corrected chi connectivity index (χ2v) is 5.34. The Kier molecular flexibility index (Phi) is 4.33. The molecule has 0 saturated heterocycles. The van der Waals surface area contributed by atoms with Gasteiger partial charge in [0.25, 0.3) is 5.56 Å². The first-order valence-electron chi connectivity index (χ1n) is 6.20. The van der Waals surface area contributed by atoms with Crippen LogP contribution in [0.25, 0.3) is 10.6 Å². The molecular weight excluding hydrogens is 244 g/mol. The lowest BCUT2D eigenvalue weighted by molar-refractivity contribution is 0.532. The maximum Gasteiger partial charge on any atom is 0.252 e. The summed E-state index contributed by atoms with van der Waals surface area (Å²) in [5.74, 6) is 0. The predicted octanol–water partition coefficient (Wildman–Crippen LogP) is 2.99. The van der Waals surface area contributed by atoms with Crippen LogP contribution < -0.4 is 10.9 Å². The molecule has 0 amide bonds. The van der Waals surface area contributed by atoms with E-state index in [4.69, 9.17) is 0 Å². The fourth-order valence-electron chi connectivity index (χ4n) is 1.65. The Labute approximate surface area is 111 Å². The van der Waals surface area contributed by atoms with Gasteiger partial charge in [-0.15, -0.1) is 11.3 Å². The summed E-state index contributed by atoms with van der Waals surface area (Å²) >= 11 is 1.63. The molecule has 4 heteroatoms. The van der Waals surface area contributed by atoms with Gasteiger partial charge in [-0.05, 0) is 30.9 Å². The minimum Gasteiger partial charge on any atom is -0.321 e. The van der Waals surface area contributed by atoms with Crippen LogP contribution in [0.5, 0.6) is 0 Å². The molecule has 0 saturated carbocycles. The van der Waals surface area contributed by atoms with Crippen molar-refractivity contribution in [1.29, 1.82) is 0 Å². The van der Waals surface area contributed by atoms with Crippen LogP contribution in [-0.4, -0.2) is 11.0 Å². The molecule has 0 spiro atoms. The van der Waals surface area contributed by atoms with Crippen LogP contribution in [0, 0.1) is 0 Å². The highest BCUT2D eigenvalue weighted by Crippen LogP contribution is 2.21. The Balaban J connectivity index is 2.13. The van der Waals surface area contributed by atoms with Crippen LogP contribution in [0.1, 0.15) is 25.8 Å².